The van der Waals surface area contributed by atoms with Gasteiger partial charge in [-0.05, 0) is 74.2 Å². The number of anilines is 2. The maximum Gasteiger partial charge on any atom is 0.229 e. The van der Waals surface area contributed by atoms with Crippen molar-refractivity contribution >= 4 is 31.4 Å². The van der Waals surface area contributed by atoms with Crippen molar-refractivity contribution in [2.75, 3.05) is 22.0 Å². The molecule has 3 aromatic rings. The van der Waals surface area contributed by atoms with Crippen molar-refractivity contribution in [1.82, 2.24) is 0 Å². The minimum Gasteiger partial charge on any atom is -0.456 e. The fourth-order valence-corrected chi connectivity index (χ4v) is 4.72. The molecule has 0 aliphatic heterocycles. The molecule has 1 heterocycles. The minimum atomic E-state index is -3.42. The molecule has 0 unspecified atom stereocenters. The molecule has 3 rings (SSSR count). The van der Waals surface area contributed by atoms with E-state index < -0.39 is 20.0 Å². The van der Waals surface area contributed by atoms with Crippen molar-refractivity contribution in [1.29, 1.82) is 0 Å². The summed E-state index contributed by atoms with van der Waals surface area (Å²) < 4.78 is 57.9. The first-order valence-electron chi connectivity index (χ1n) is 9.52. The van der Waals surface area contributed by atoms with Crippen molar-refractivity contribution in [3.05, 3.63) is 58.7 Å². The van der Waals surface area contributed by atoms with Crippen molar-refractivity contribution in [2.24, 2.45) is 0 Å². The van der Waals surface area contributed by atoms with Crippen LogP contribution in [0.5, 0.6) is 0 Å². The maximum atomic E-state index is 11.7. The average molecular weight is 463 g/mol. The zero-order valence-corrected chi connectivity index (χ0v) is 20.0. The van der Waals surface area contributed by atoms with Gasteiger partial charge in [-0.2, -0.15) is 0 Å². The SMILES string of the molecule is Cc1cc(C)c(-c2ccc(-c3cc(NS(C)(=O)=O)c(C)cc3C)o2)cc1NS(C)(=O)=O. The monoisotopic (exact) mass is 462 g/mol. The summed E-state index contributed by atoms with van der Waals surface area (Å²) in [6.07, 6.45) is 2.22. The summed E-state index contributed by atoms with van der Waals surface area (Å²) in [6.45, 7) is 7.54. The molecule has 0 saturated heterocycles. The van der Waals surface area contributed by atoms with E-state index in [4.69, 9.17) is 4.42 Å². The highest BCUT2D eigenvalue weighted by Gasteiger charge is 2.16. The second-order valence-electron chi connectivity index (χ2n) is 7.88. The molecule has 9 heteroatoms. The van der Waals surface area contributed by atoms with Gasteiger partial charge in [0.1, 0.15) is 11.5 Å². The van der Waals surface area contributed by atoms with Crippen LogP contribution in [0.4, 0.5) is 11.4 Å². The lowest BCUT2D eigenvalue weighted by Crippen LogP contribution is -2.11. The predicted octanol–water partition coefficient (Wildman–Crippen LogP) is 4.59. The minimum absolute atomic E-state index is 0.493. The van der Waals surface area contributed by atoms with Crippen LogP contribution in [0.3, 0.4) is 0 Å². The highest BCUT2D eigenvalue weighted by molar-refractivity contribution is 7.92. The van der Waals surface area contributed by atoms with Gasteiger partial charge in [0.25, 0.3) is 0 Å². The Kier molecular flexibility index (Phi) is 5.94. The van der Waals surface area contributed by atoms with Crippen LogP contribution in [0.15, 0.2) is 40.8 Å². The normalized spacial score (nSPS) is 12.1. The molecule has 1 aromatic heterocycles. The van der Waals surface area contributed by atoms with Gasteiger partial charge in [0.2, 0.25) is 20.0 Å². The second-order valence-corrected chi connectivity index (χ2v) is 11.4. The van der Waals surface area contributed by atoms with E-state index in [2.05, 4.69) is 9.44 Å². The van der Waals surface area contributed by atoms with Crippen LogP contribution in [0.2, 0.25) is 0 Å². The number of hydrogen-bond acceptors (Lipinski definition) is 5. The third kappa shape index (κ3) is 5.48. The van der Waals surface area contributed by atoms with Gasteiger partial charge in [0.15, 0.2) is 0 Å². The van der Waals surface area contributed by atoms with E-state index >= 15 is 0 Å². The van der Waals surface area contributed by atoms with E-state index in [0.29, 0.717) is 22.9 Å². The zero-order chi connectivity index (χ0) is 23.1. The summed E-state index contributed by atoms with van der Waals surface area (Å²) in [7, 11) is -6.83. The third-order valence-electron chi connectivity index (χ3n) is 4.87. The Labute approximate surface area is 183 Å². The first-order valence-corrected chi connectivity index (χ1v) is 13.3. The number of furan rings is 1. The Balaban J connectivity index is 2.07. The first-order chi connectivity index (χ1) is 14.2. The Bertz CT molecular complexity index is 1270. The summed E-state index contributed by atoms with van der Waals surface area (Å²) in [6, 6.07) is 11.0. The largest absolute Gasteiger partial charge is 0.456 e. The number of sulfonamides is 2. The molecule has 0 atom stereocenters. The van der Waals surface area contributed by atoms with E-state index in [-0.39, 0.29) is 0 Å². The molecule has 0 saturated carbocycles. The highest BCUT2D eigenvalue weighted by Crippen LogP contribution is 2.36. The smallest absolute Gasteiger partial charge is 0.229 e. The molecule has 0 radical (unpaired) electrons. The van der Waals surface area contributed by atoms with E-state index in [9.17, 15) is 16.8 Å². The van der Waals surface area contributed by atoms with Crippen LogP contribution >= 0.6 is 0 Å². The van der Waals surface area contributed by atoms with Crippen molar-refractivity contribution < 1.29 is 21.3 Å². The topological polar surface area (TPSA) is 105 Å². The lowest BCUT2D eigenvalue weighted by molar-refractivity contribution is 0.596. The number of rotatable bonds is 6. The van der Waals surface area contributed by atoms with Crippen LogP contribution < -0.4 is 9.44 Å². The van der Waals surface area contributed by atoms with E-state index in [1.165, 1.54) is 0 Å². The maximum absolute atomic E-state index is 11.7. The van der Waals surface area contributed by atoms with E-state index in [0.717, 1.165) is 45.9 Å². The van der Waals surface area contributed by atoms with Crippen LogP contribution in [0.1, 0.15) is 22.3 Å². The fraction of sp³-hybridized carbons (Fsp3) is 0.273. The lowest BCUT2D eigenvalue weighted by atomic mass is 10.0. The van der Waals surface area contributed by atoms with Crippen LogP contribution in [0, 0.1) is 27.7 Å². The number of aryl methyl sites for hydroxylation is 4. The number of hydrogen-bond donors (Lipinski definition) is 2. The molecular formula is C22H26N2O5S2. The molecule has 0 spiro atoms. The summed E-state index contributed by atoms with van der Waals surface area (Å²) in [5.41, 5.74) is 6.02. The van der Waals surface area contributed by atoms with Gasteiger partial charge in [0, 0.05) is 11.1 Å². The Morgan fingerprint density at radius 1 is 0.613 bits per heavy atom. The van der Waals surface area contributed by atoms with E-state index in [1.54, 1.807) is 12.1 Å². The van der Waals surface area contributed by atoms with Crippen LogP contribution in [-0.2, 0) is 20.0 Å². The zero-order valence-electron chi connectivity index (χ0n) is 18.3. The predicted molar refractivity (Wildman–Crippen MR) is 125 cm³/mol. The van der Waals surface area contributed by atoms with Crippen LogP contribution in [0.25, 0.3) is 22.6 Å². The van der Waals surface area contributed by atoms with Gasteiger partial charge in [-0.15, -0.1) is 0 Å². The Morgan fingerprint density at radius 3 is 1.29 bits per heavy atom. The molecule has 2 N–H and O–H groups in total. The highest BCUT2D eigenvalue weighted by atomic mass is 32.2. The molecule has 0 amide bonds. The summed E-state index contributed by atoms with van der Waals surface area (Å²) >= 11 is 0. The van der Waals surface area contributed by atoms with Crippen molar-refractivity contribution in [3.63, 3.8) is 0 Å². The Hall–Kier alpha value is -2.78. The second kappa shape index (κ2) is 8.05. The average Bonchev–Trinajstić information content (AvgIpc) is 3.07. The Morgan fingerprint density at radius 2 is 0.968 bits per heavy atom. The summed E-state index contributed by atoms with van der Waals surface area (Å²) in [4.78, 5) is 0. The first kappa shape index (κ1) is 22.9. The number of nitrogens with one attached hydrogen (secondary N) is 2. The van der Waals surface area contributed by atoms with Gasteiger partial charge in [-0.3, -0.25) is 9.44 Å². The van der Waals surface area contributed by atoms with Crippen molar-refractivity contribution in [3.8, 4) is 22.6 Å². The fourth-order valence-electron chi connectivity index (χ4n) is 3.48. The van der Waals surface area contributed by atoms with Crippen LogP contribution in [-0.4, -0.2) is 29.3 Å². The molecular weight excluding hydrogens is 436 g/mol. The molecule has 0 aliphatic rings. The molecule has 31 heavy (non-hydrogen) atoms. The lowest BCUT2D eigenvalue weighted by Gasteiger charge is -2.13. The molecule has 0 aliphatic carbocycles. The molecule has 7 nitrogen and oxygen atoms in total. The molecule has 0 fully saturated rings. The van der Waals surface area contributed by atoms with Gasteiger partial charge in [0.05, 0.1) is 23.9 Å². The molecule has 2 aromatic carbocycles. The third-order valence-corrected chi connectivity index (χ3v) is 6.05. The van der Waals surface area contributed by atoms with Gasteiger partial charge in [-0.1, -0.05) is 12.1 Å². The standard InChI is InChI=1S/C22H26N2O5S2/c1-13-9-15(3)19(23-30(5,25)26)11-17(13)21-7-8-22(29-21)18-12-20(24-31(6,27)28)16(4)10-14(18)2/h7-12,23-24H,1-6H3. The number of benzene rings is 2. The molecule has 166 valence electrons. The van der Waals surface area contributed by atoms with Gasteiger partial charge in [-0.25, -0.2) is 16.8 Å². The quantitative estimate of drug-likeness (QED) is 0.557. The van der Waals surface area contributed by atoms with E-state index in [1.807, 2.05) is 52.0 Å². The van der Waals surface area contributed by atoms with Crippen molar-refractivity contribution in [2.45, 2.75) is 27.7 Å². The molecule has 0 bridgehead atoms. The summed E-state index contributed by atoms with van der Waals surface area (Å²) in [5, 5.41) is 0. The summed E-state index contributed by atoms with van der Waals surface area (Å²) in [5.74, 6) is 1.17. The van der Waals surface area contributed by atoms with Gasteiger partial charge < -0.3 is 4.42 Å². The van der Waals surface area contributed by atoms with Gasteiger partial charge >= 0.3 is 0 Å².